The predicted molar refractivity (Wildman–Crippen MR) is 54.4 cm³/mol. The molecule has 0 N–H and O–H groups in total. The Morgan fingerprint density at radius 1 is 1.23 bits per heavy atom. The Morgan fingerprint density at radius 2 is 1.77 bits per heavy atom. The Kier molecular flexibility index (Phi) is 3.73. The standard InChI is InChI=1S/C11H14ClF/c1-8(2)7-11(12)9-3-5-10(13)6-4-9/h3-6,8,11H,7H2,1-2H3. The fourth-order valence-corrected chi connectivity index (χ4v) is 1.72. The molecule has 0 heterocycles. The average molecular weight is 201 g/mol. The van der Waals surface area contributed by atoms with Crippen LogP contribution in [0.4, 0.5) is 4.39 Å². The lowest BCUT2D eigenvalue weighted by molar-refractivity contribution is 0.573. The van der Waals surface area contributed by atoms with E-state index >= 15 is 0 Å². The van der Waals surface area contributed by atoms with Gasteiger partial charge in [-0.1, -0.05) is 26.0 Å². The third-order valence-corrected chi connectivity index (χ3v) is 2.34. The minimum absolute atomic E-state index is 0.000556. The maximum Gasteiger partial charge on any atom is 0.123 e. The van der Waals surface area contributed by atoms with Gasteiger partial charge in [-0.3, -0.25) is 0 Å². The van der Waals surface area contributed by atoms with Crippen LogP contribution in [0.3, 0.4) is 0 Å². The molecule has 0 saturated carbocycles. The van der Waals surface area contributed by atoms with E-state index in [1.54, 1.807) is 12.1 Å². The maximum absolute atomic E-state index is 12.6. The fourth-order valence-electron chi connectivity index (χ4n) is 1.22. The van der Waals surface area contributed by atoms with E-state index in [-0.39, 0.29) is 11.2 Å². The summed E-state index contributed by atoms with van der Waals surface area (Å²) in [5.41, 5.74) is 0.997. The lowest BCUT2D eigenvalue weighted by atomic mass is 10.0. The van der Waals surface area contributed by atoms with E-state index in [1.165, 1.54) is 12.1 Å². The zero-order valence-corrected chi connectivity index (χ0v) is 8.68. The molecular weight excluding hydrogens is 187 g/mol. The van der Waals surface area contributed by atoms with Crippen molar-refractivity contribution in [3.63, 3.8) is 0 Å². The first-order valence-electron chi connectivity index (χ1n) is 4.49. The van der Waals surface area contributed by atoms with Crippen molar-refractivity contribution in [1.29, 1.82) is 0 Å². The molecule has 1 aromatic carbocycles. The number of hydrogen-bond acceptors (Lipinski definition) is 0. The van der Waals surface area contributed by atoms with Crippen LogP contribution in [0.2, 0.25) is 0 Å². The van der Waals surface area contributed by atoms with Gasteiger partial charge in [-0.15, -0.1) is 11.6 Å². The number of alkyl halides is 1. The molecule has 0 spiro atoms. The van der Waals surface area contributed by atoms with Crippen molar-refractivity contribution >= 4 is 11.6 Å². The average Bonchev–Trinajstić information content (AvgIpc) is 2.04. The molecule has 0 nitrogen and oxygen atoms in total. The molecular formula is C11H14ClF. The molecule has 0 radical (unpaired) electrons. The molecule has 2 heteroatoms. The topological polar surface area (TPSA) is 0 Å². The molecule has 0 saturated heterocycles. The van der Waals surface area contributed by atoms with Crippen molar-refractivity contribution in [2.45, 2.75) is 25.6 Å². The molecule has 13 heavy (non-hydrogen) atoms. The van der Waals surface area contributed by atoms with Crippen LogP contribution in [0, 0.1) is 11.7 Å². The first-order chi connectivity index (χ1) is 6.09. The van der Waals surface area contributed by atoms with Gasteiger partial charge in [0, 0.05) is 0 Å². The summed E-state index contributed by atoms with van der Waals surface area (Å²) in [4.78, 5) is 0. The number of benzene rings is 1. The summed E-state index contributed by atoms with van der Waals surface area (Å²) >= 11 is 6.13. The van der Waals surface area contributed by atoms with Gasteiger partial charge in [0.2, 0.25) is 0 Å². The van der Waals surface area contributed by atoms with Crippen molar-refractivity contribution in [3.8, 4) is 0 Å². The van der Waals surface area contributed by atoms with Gasteiger partial charge >= 0.3 is 0 Å². The van der Waals surface area contributed by atoms with Gasteiger partial charge in [0.15, 0.2) is 0 Å². The molecule has 1 rings (SSSR count). The zero-order chi connectivity index (χ0) is 9.84. The van der Waals surface area contributed by atoms with E-state index in [4.69, 9.17) is 11.6 Å². The first kappa shape index (κ1) is 10.5. The van der Waals surface area contributed by atoms with Crippen LogP contribution < -0.4 is 0 Å². The van der Waals surface area contributed by atoms with Crippen molar-refractivity contribution < 1.29 is 4.39 Å². The molecule has 1 aromatic rings. The minimum Gasteiger partial charge on any atom is -0.207 e. The molecule has 0 aliphatic rings. The van der Waals surface area contributed by atoms with Crippen LogP contribution in [0.15, 0.2) is 24.3 Å². The monoisotopic (exact) mass is 200 g/mol. The Hall–Kier alpha value is -0.560. The third kappa shape index (κ3) is 3.35. The summed E-state index contributed by atoms with van der Waals surface area (Å²) in [6.07, 6.45) is 0.924. The Labute approximate surface area is 83.7 Å². The van der Waals surface area contributed by atoms with E-state index in [0.717, 1.165) is 12.0 Å². The van der Waals surface area contributed by atoms with E-state index in [0.29, 0.717) is 5.92 Å². The van der Waals surface area contributed by atoms with Crippen molar-refractivity contribution in [3.05, 3.63) is 35.6 Å². The zero-order valence-electron chi connectivity index (χ0n) is 7.93. The van der Waals surface area contributed by atoms with Crippen LogP contribution in [-0.2, 0) is 0 Å². The van der Waals surface area contributed by atoms with Gasteiger partial charge in [-0.05, 0) is 30.0 Å². The summed E-state index contributed by atoms with van der Waals surface area (Å²) < 4.78 is 12.6. The second kappa shape index (κ2) is 4.61. The number of hydrogen-bond donors (Lipinski definition) is 0. The molecule has 0 amide bonds. The second-order valence-electron chi connectivity index (χ2n) is 3.65. The maximum atomic E-state index is 12.6. The van der Waals surface area contributed by atoms with Gasteiger partial charge in [-0.2, -0.15) is 0 Å². The molecule has 0 fully saturated rings. The Morgan fingerprint density at radius 3 is 2.23 bits per heavy atom. The summed E-state index contributed by atoms with van der Waals surface area (Å²) in [7, 11) is 0. The first-order valence-corrected chi connectivity index (χ1v) is 4.92. The normalized spacial score (nSPS) is 13.3. The molecule has 1 atom stereocenters. The third-order valence-electron chi connectivity index (χ3n) is 1.91. The Balaban J connectivity index is 2.66. The lowest BCUT2D eigenvalue weighted by Gasteiger charge is -2.11. The second-order valence-corrected chi connectivity index (χ2v) is 4.18. The van der Waals surface area contributed by atoms with E-state index in [9.17, 15) is 4.39 Å². The summed E-state index contributed by atoms with van der Waals surface area (Å²) in [6.45, 7) is 4.25. The fraction of sp³-hybridized carbons (Fsp3) is 0.455. The number of halogens is 2. The highest BCUT2D eigenvalue weighted by Crippen LogP contribution is 2.27. The highest BCUT2D eigenvalue weighted by Gasteiger charge is 2.09. The van der Waals surface area contributed by atoms with Crippen LogP contribution in [-0.4, -0.2) is 0 Å². The van der Waals surface area contributed by atoms with Gasteiger partial charge in [0.25, 0.3) is 0 Å². The van der Waals surface area contributed by atoms with Crippen molar-refractivity contribution in [1.82, 2.24) is 0 Å². The van der Waals surface area contributed by atoms with Crippen molar-refractivity contribution in [2.24, 2.45) is 5.92 Å². The highest BCUT2D eigenvalue weighted by molar-refractivity contribution is 6.20. The van der Waals surface area contributed by atoms with E-state index in [2.05, 4.69) is 13.8 Å². The van der Waals surface area contributed by atoms with Crippen LogP contribution in [0.25, 0.3) is 0 Å². The lowest BCUT2D eigenvalue weighted by Crippen LogP contribution is -1.96. The quantitative estimate of drug-likeness (QED) is 0.643. The summed E-state index contributed by atoms with van der Waals surface area (Å²) in [5.74, 6) is 0.352. The van der Waals surface area contributed by atoms with Crippen LogP contribution in [0.5, 0.6) is 0 Å². The van der Waals surface area contributed by atoms with Gasteiger partial charge < -0.3 is 0 Å². The minimum atomic E-state index is -0.211. The van der Waals surface area contributed by atoms with E-state index in [1.807, 2.05) is 0 Å². The van der Waals surface area contributed by atoms with E-state index < -0.39 is 0 Å². The van der Waals surface area contributed by atoms with Crippen LogP contribution in [0.1, 0.15) is 31.2 Å². The molecule has 0 aromatic heterocycles. The Bertz CT molecular complexity index is 253. The van der Waals surface area contributed by atoms with Gasteiger partial charge in [-0.25, -0.2) is 4.39 Å². The summed E-state index contributed by atoms with van der Waals surface area (Å²) in [5, 5.41) is 0.000556. The van der Waals surface area contributed by atoms with Gasteiger partial charge in [0.05, 0.1) is 5.38 Å². The molecule has 0 aliphatic heterocycles. The highest BCUT2D eigenvalue weighted by atomic mass is 35.5. The SMILES string of the molecule is CC(C)CC(Cl)c1ccc(F)cc1. The molecule has 1 unspecified atom stereocenters. The smallest absolute Gasteiger partial charge is 0.123 e. The number of rotatable bonds is 3. The predicted octanol–water partition coefficient (Wildman–Crippen LogP) is 4.15. The summed E-state index contributed by atoms with van der Waals surface area (Å²) in [6, 6.07) is 6.39. The molecule has 72 valence electrons. The largest absolute Gasteiger partial charge is 0.207 e. The van der Waals surface area contributed by atoms with Gasteiger partial charge in [0.1, 0.15) is 5.82 Å². The molecule has 0 bridgehead atoms. The van der Waals surface area contributed by atoms with Crippen molar-refractivity contribution in [2.75, 3.05) is 0 Å². The molecule has 0 aliphatic carbocycles. The van der Waals surface area contributed by atoms with Crippen LogP contribution >= 0.6 is 11.6 Å².